The summed E-state index contributed by atoms with van der Waals surface area (Å²) in [5.41, 5.74) is 3.80. The van der Waals surface area contributed by atoms with E-state index in [9.17, 15) is 0 Å². The van der Waals surface area contributed by atoms with Gasteiger partial charge in [-0.25, -0.2) is 5.84 Å². The monoisotopic (exact) mass is 177 g/mol. The number of nitrogens with two attached hydrogens (primary N) is 1. The topological polar surface area (TPSA) is 50.4 Å². The number of hydrazine groups is 1. The van der Waals surface area contributed by atoms with Gasteiger partial charge < -0.3 is 5.43 Å². The Bertz CT molecular complexity index is 267. The molecule has 0 fully saturated rings. The van der Waals surface area contributed by atoms with Crippen LogP contribution in [0.2, 0.25) is 0 Å². The lowest BCUT2D eigenvalue weighted by molar-refractivity contribution is 0.928. The highest BCUT2D eigenvalue weighted by molar-refractivity contribution is 5.78. The van der Waals surface area contributed by atoms with Crippen molar-refractivity contribution in [2.24, 2.45) is 10.8 Å². The summed E-state index contributed by atoms with van der Waals surface area (Å²) in [5, 5.41) is 0. The Kier molecular flexibility index (Phi) is 3.99. The van der Waals surface area contributed by atoms with Crippen LogP contribution in [-0.4, -0.2) is 12.4 Å². The predicted molar refractivity (Wildman–Crippen MR) is 55.4 cm³/mol. The van der Waals surface area contributed by atoms with E-state index in [1.807, 2.05) is 25.1 Å². The Hall–Kier alpha value is -1.35. The third-order valence-electron chi connectivity index (χ3n) is 1.80. The third kappa shape index (κ3) is 3.71. The lowest BCUT2D eigenvalue weighted by atomic mass is 10.2. The molecule has 1 aromatic rings. The van der Waals surface area contributed by atoms with E-state index in [0.717, 1.165) is 18.8 Å². The van der Waals surface area contributed by atoms with Gasteiger partial charge in [-0.15, -0.1) is 0 Å². The summed E-state index contributed by atoms with van der Waals surface area (Å²) in [5.74, 6) is 5.94. The van der Waals surface area contributed by atoms with Gasteiger partial charge in [-0.3, -0.25) is 4.99 Å². The van der Waals surface area contributed by atoms with Crippen LogP contribution in [0.5, 0.6) is 0 Å². The van der Waals surface area contributed by atoms with Crippen LogP contribution < -0.4 is 11.3 Å². The maximum absolute atomic E-state index is 5.17. The van der Waals surface area contributed by atoms with Crippen LogP contribution >= 0.6 is 0 Å². The maximum atomic E-state index is 5.17. The normalized spacial score (nSPS) is 11.4. The minimum atomic E-state index is 0.774. The molecule has 3 nitrogen and oxygen atoms in total. The Labute approximate surface area is 78.6 Å². The van der Waals surface area contributed by atoms with Crippen molar-refractivity contribution in [2.45, 2.75) is 13.3 Å². The molecule has 3 heteroatoms. The summed E-state index contributed by atoms with van der Waals surface area (Å²) in [4.78, 5) is 4.22. The second-order valence-electron chi connectivity index (χ2n) is 2.85. The Morgan fingerprint density at radius 1 is 1.38 bits per heavy atom. The van der Waals surface area contributed by atoms with E-state index < -0.39 is 0 Å². The number of nitrogens with zero attached hydrogens (tertiary/aromatic N) is 1. The van der Waals surface area contributed by atoms with Crippen LogP contribution in [0, 0.1) is 0 Å². The lowest BCUT2D eigenvalue weighted by Crippen LogP contribution is -2.27. The van der Waals surface area contributed by atoms with Gasteiger partial charge in [-0.1, -0.05) is 30.3 Å². The molecule has 0 aromatic heterocycles. The highest BCUT2D eigenvalue weighted by Gasteiger charge is 1.89. The van der Waals surface area contributed by atoms with E-state index in [2.05, 4.69) is 22.6 Å². The molecule has 0 spiro atoms. The smallest absolute Gasteiger partial charge is 0.107 e. The highest BCUT2D eigenvalue weighted by Crippen LogP contribution is 1.99. The first kappa shape index (κ1) is 9.74. The van der Waals surface area contributed by atoms with Crippen molar-refractivity contribution >= 4 is 5.84 Å². The van der Waals surface area contributed by atoms with Gasteiger partial charge in [0.1, 0.15) is 5.84 Å². The molecule has 0 saturated heterocycles. The van der Waals surface area contributed by atoms with E-state index in [1.54, 1.807) is 0 Å². The van der Waals surface area contributed by atoms with E-state index in [1.165, 1.54) is 5.56 Å². The average Bonchev–Trinajstić information content (AvgIpc) is 2.19. The van der Waals surface area contributed by atoms with Gasteiger partial charge >= 0.3 is 0 Å². The van der Waals surface area contributed by atoms with Gasteiger partial charge in [0.05, 0.1) is 0 Å². The van der Waals surface area contributed by atoms with E-state index >= 15 is 0 Å². The summed E-state index contributed by atoms with van der Waals surface area (Å²) in [7, 11) is 0. The maximum Gasteiger partial charge on any atom is 0.107 e. The van der Waals surface area contributed by atoms with Crippen molar-refractivity contribution in [3.8, 4) is 0 Å². The largest absolute Gasteiger partial charge is 0.313 e. The Morgan fingerprint density at radius 2 is 2.08 bits per heavy atom. The number of hydrogen-bond donors (Lipinski definition) is 2. The molecule has 0 heterocycles. The van der Waals surface area contributed by atoms with Gasteiger partial charge in [0, 0.05) is 6.54 Å². The Balaban J connectivity index is 2.36. The van der Waals surface area contributed by atoms with E-state index in [-0.39, 0.29) is 0 Å². The molecule has 3 N–H and O–H groups in total. The van der Waals surface area contributed by atoms with Gasteiger partial charge in [-0.2, -0.15) is 0 Å². The van der Waals surface area contributed by atoms with E-state index in [4.69, 9.17) is 5.84 Å². The van der Waals surface area contributed by atoms with Crippen LogP contribution in [0.3, 0.4) is 0 Å². The molecule has 0 amide bonds. The van der Waals surface area contributed by atoms with Crippen molar-refractivity contribution in [2.75, 3.05) is 6.54 Å². The summed E-state index contributed by atoms with van der Waals surface area (Å²) < 4.78 is 0. The highest BCUT2D eigenvalue weighted by atomic mass is 15.2. The van der Waals surface area contributed by atoms with Crippen LogP contribution in [0.25, 0.3) is 0 Å². The summed E-state index contributed by atoms with van der Waals surface area (Å²) in [6, 6.07) is 10.3. The van der Waals surface area contributed by atoms with Crippen LogP contribution in [0.1, 0.15) is 12.5 Å². The van der Waals surface area contributed by atoms with Gasteiger partial charge in [0.15, 0.2) is 0 Å². The quantitative estimate of drug-likeness (QED) is 0.314. The van der Waals surface area contributed by atoms with Crippen molar-refractivity contribution in [3.05, 3.63) is 35.9 Å². The van der Waals surface area contributed by atoms with Gasteiger partial charge in [0.25, 0.3) is 0 Å². The molecular formula is C10H15N3. The van der Waals surface area contributed by atoms with Crippen LogP contribution in [0.4, 0.5) is 0 Å². The molecule has 13 heavy (non-hydrogen) atoms. The minimum absolute atomic E-state index is 0.774. The zero-order valence-electron chi connectivity index (χ0n) is 7.83. The number of rotatable bonds is 3. The molecule has 0 aliphatic heterocycles. The summed E-state index contributed by atoms with van der Waals surface area (Å²) >= 11 is 0. The molecule has 0 aliphatic carbocycles. The molecule has 0 atom stereocenters. The third-order valence-corrected chi connectivity index (χ3v) is 1.80. The fourth-order valence-electron chi connectivity index (χ4n) is 1.04. The number of aliphatic imine (C=N–C) groups is 1. The van der Waals surface area contributed by atoms with E-state index in [0.29, 0.717) is 0 Å². The van der Waals surface area contributed by atoms with Crippen LogP contribution in [0.15, 0.2) is 35.3 Å². The van der Waals surface area contributed by atoms with Crippen molar-refractivity contribution < 1.29 is 0 Å². The molecule has 1 rings (SSSR count). The molecule has 1 aromatic carbocycles. The molecule has 0 unspecified atom stereocenters. The fourth-order valence-corrected chi connectivity index (χ4v) is 1.04. The van der Waals surface area contributed by atoms with Crippen molar-refractivity contribution in [1.29, 1.82) is 0 Å². The molecule has 0 saturated carbocycles. The van der Waals surface area contributed by atoms with Gasteiger partial charge in [-0.05, 0) is 18.9 Å². The SMILES string of the molecule is CC(=NCCc1ccccc1)NN. The first-order valence-corrected chi connectivity index (χ1v) is 4.34. The van der Waals surface area contributed by atoms with Crippen LogP contribution in [-0.2, 0) is 6.42 Å². The van der Waals surface area contributed by atoms with Crippen molar-refractivity contribution in [3.63, 3.8) is 0 Å². The number of nitrogens with one attached hydrogen (secondary N) is 1. The second kappa shape index (κ2) is 5.32. The number of hydrogen-bond acceptors (Lipinski definition) is 2. The predicted octanol–water partition coefficient (Wildman–Crippen LogP) is 1.11. The molecule has 70 valence electrons. The molecular weight excluding hydrogens is 162 g/mol. The molecule has 0 aliphatic rings. The number of benzene rings is 1. The summed E-state index contributed by atoms with van der Waals surface area (Å²) in [6.07, 6.45) is 0.958. The standard InChI is InChI=1S/C10H15N3/c1-9(13-11)12-8-7-10-5-3-2-4-6-10/h2-6H,7-8,11H2,1H3,(H,12,13). The van der Waals surface area contributed by atoms with Gasteiger partial charge in [0.2, 0.25) is 0 Å². The number of amidine groups is 1. The second-order valence-corrected chi connectivity index (χ2v) is 2.85. The zero-order chi connectivity index (χ0) is 9.52. The molecule has 0 bridgehead atoms. The zero-order valence-corrected chi connectivity index (χ0v) is 7.83. The molecule has 0 radical (unpaired) electrons. The lowest BCUT2D eigenvalue weighted by Gasteiger charge is -1.99. The fraction of sp³-hybridized carbons (Fsp3) is 0.300. The Morgan fingerprint density at radius 3 is 2.69 bits per heavy atom. The summed E-state index contributed by atoms with van der Waals surface area (Å²) in [6.45, 7) is 2.63. The first-order chi connectivity index (χ1) is 6.33. The first-order valence-electron chi connectivity index (χ1n) is 4.34. The average molecular weight is 177 g/mol. The minimum Gasteiger partial charge on any atom is -0.313 e. The van der Waals surface area contributed by atoms with Crippen molar-refractivity contribution in [1.82, 2.24) is 5.43 Å².